The quantitative estimate of drug-likeness (QED) is 0.237. The second-order valence-corrected chi connectivity index (χ2v) is 2.84. The van der Waals surface area contributed by atoms with E-state index in [9.17, 15) is 0 Å². The van der Waals surface area contributed by atoms with Crippen molar-refractivity contribution in [3.63, 3.8) is 0 Å². The minimum absolute atomic E-state index is 0.315. The molecule has 5 heteroatoms. The number of rotatable bonds is 2. The van der Waals surface area contributed by atoms with Crippen LogP contribution in [0.2, 0.25) is 0 Å². The van der Waals surface area contributed by atoms with Crippen LogP contribution in [0.3, 0.4) is 0 Å². The predicted octanol–water partition coefficient (Wildman–Crippen LogP) is 2.37. The van der Waals surface area contributed by atoms with Crippen LogP contribution in [-0.2, 0) is 6.54 Å². The molecule has 1 aromatic carbocycles. The van der Waals surface area contributed by atoms with Gasteiger partial charge in [-0.3, -0.25) is 0 Å². The number of nitrogen functional groups attached to an aromatic ring is 1. The molecule has 62 valence electrons. The monoisotopic (exact) mass is 180 g/mol. The summed E-state index contributed by atoms with van der Waals surface area (Å²) in [4.78, 5) is 3.43. The normalized spacial score (nSPS) is 9.08. The molecule has 4 nitrogen and oxygen atoms in total. The predicted molar refractivity (Wildman–Crippen MR) is 51.0 cm³/mol. The first-order valence-corrected chi connectivity index (χ1v) is 3.76. The average molecular weight is 180 g/mol. The fourth-order valence-electron chi connectivity index (χ4n) is 0.904. The number of nitrogens with zero attached hydrogens (tertiary/aromatic N) is 3. The highest BCUT2D eigenvalue weighted by Gasteiger charge is 1.94. The van der Waals surface area contributed by atoms with Crippen LogP contribution in [0, 0.1) is 0 Å². The fourth-order valence-corrected chi connectivity index (χ4v) is 1.22. The van der Waals surface area contributed by atoms with Crippen molar-refractivity contribution in [1.82, 2.24) is 0 Å². The zero-order valence-electron chi connectivity index (χ0n) is 6.31. The second-order valence-electron chi connectivity index (χ2n) is 2.32. The van der Waals surface area contributed by atoms with Crippen LogP contribution >= 0.6 is 12.6 Å². The van der Waals surface area contributed by atoms with E-state index in [1.54, 1.807) is 12.1 Å². The minimum Gasteiger partial charge on any atom is -0.399 e. The lowest BCUT2D eigenvalue weighted by molar-refractivity contribution is 1.04. The SMILES string of the molecule is [N-]=[N+]=NCc1cc(N)cc(S)c1. The van der Waals surface area contributed by atoms with Gasteiger partial charge in [-0.25, -0.2) is 0 Å². The maximum absolute atomic E-state index is 8.07. The molecule has 0 unspecified atom stereocenters. The Kier molecular flexibility index (Phi) is 2.85. The Morgan fingerprint density at radius 3 is 2.83 bits per heavy atom. The lowest BCUT2D eigenvalue weighted by atomic mass is 10.2. The number of anilines is 1. The van der Waals surface area contributed by atoms with E-state index in [2.05, 4.69) is 22.7 Å². The van der Waals surface area contributed by atoms with Gasteiger partial charge in [-0.1, -0.05) is 5.11 Å². The Morgan fingerprint density at radius 2 is 2.25 bits per heavy atom. The van der Waals surface area contributed by atoms with Gasteiger partial charge in [0.15, 0.2) is 0 Å². The zero-order chi connectivity index (χ0) is 8.97. The van der Waals surface area contributed by atoms with Crippen molar-refractivity contribution in [2.24, 2.45) is 5.11 Å². The number of benzene rings is 1. The van der Waals surface area contributed by atoms with Gasteiger partial charge in [0.25, 0.3) is 0 Å². The van der Waals surface area contributed by atoms with Gasteiger partial charge < -0.3 is 5.73 Å². The lowest BCUT2D eigenvalue weighted by Crippen LogP contribution is -1.88. The molecule has 0 saturated carbocycles. The van der Waals surface area contributed by atoms with Gasteiger partial charge in [0.05, 0.1) is 6.54 Å². The molecule has 0 aromatic heterocycles. The highest BCUT2D eigenvalue weighted by atomic mass is 32.1. The smallest absolute Gasteiger partial charge is 0.0512 e. The Bertz CT molecular complexity index is 310. The van der Waals surface area contributed by atoms with Crippen LogP contribution in [0.4, 0.5) is 5.69 Å². The van der Waals surface area contributed by atoms with Crippen LogP contribution in [0.1, 0.15) is 5.56 Å². The fraction of sp³-hybridized carbons (Fsp3) is 0.143. The average Bonchev–Trinajstić information content (AvgIpc) is 1.99. The van der Waals surface area contributed by atoms with Crippen LogP contribution in [0.15, 0.2) is 28.2 Å². The van der Waals surface area contributed by atoms with Gasteiger partial charge in [0, 0.05) is 15.5 Å². The highest BCUT2D eigenvalue weighted by Crippen LogP contribution is 2.15. The van der Waals surface area contributed by atoms with Crippen molar-refractivity contribution in [1.29, 1.82) is 0 Å². The Morgan fingerprint density at radius 1 is 1.50 bits per heavy atom. The molecule has 0 bridgehead atoms. The molecule has 0 radical (unpaired) electrons. The van der Waals surface area contributed by atoms with Gasteiger partial charge in [0.1, 0.15) is 0 Å². The Balaban J connectivity index is 2.92. The molecule has 1 rings (SSSR count). The summed E-state index contributed by atoms with van der Waals surface area (Å²) in [5.74, 6) is 0. The van der Waals surface area contributed by atoms with E-state index in [4.69, 9.17) is 11.3 Å². The molecule has 0 spiro atoms. The maximum Gasteiger partial charge on any atom is 0.0512 e. The molecule has 0 aliphatic rings. The maximum atomic E-state index is 8.07. The molecule has 0 saturated heterocycles. The molecule has 0 amide bonds. The van der Waals surface area contributed by atoms with E-state index in [1.807, 2.05) is 6.07 Å². The van der Waals surface area contributed by atoms with Gasteiger partial charge in [-0.05, 0) is 29.3 Å². The molecule has 0 atom stereocenters. The molecule has 12 heavy (non-hydrogen) atoms. The van der Waals surface area contributed by atoms with Crippen molar-refractivity contribution in [2.45, 2.75) is 11.4 Å². The van der Waals surface area contributed by atoms with Crippen LogP contribution in [0.25, 0.3) is 10.4 Å². The van der Waals surface area contributed by atoms with Crippen LogP contribution in [0.5, 0.6) is 0 Å². The number of hydrogen-bond acceptors (Lipinski definition) is 3. The van der Waals surface area contributed by atoms with E-state index in [1.165, 1.54) is 0 Å². The Labute approximate surface area is 75.4 Å². The van der Waals surface area contributed by atoms with Gasteiger partial charge >= 0.3 is 0 Å². The van der Waals surface area contributed by atoms with Crippen molar-refractivity contribution in [2.75, 3.05) is 5.73 Å². The molecular weight excluding hydrogens is 172 g/mol. The van der Waals surface area contributed by atoms with Crippen molar-refractivity contribution in [3.8, 4) is 0 Å². The summed E-state index contributed by atoms with van der Waals surface area (Å²) in [6, 6.07) is 5.31. The summed E-state index contributed by atoms with van der Waals surface area (Å²) >= 11 is 4.13. The summed E-state index contributed by atoms with van der Waals surface area (Å²) < 4.78 is 0. The largest absolute Gasteiger partial charge is 0.399 e. The van der Waals surface area contributed by atoms with E-state index >= 15 is 0 Å². The molecule has 0 aliphatic carbocycles. The van der Waals surface area contributed by atoms with E-state index in [0.29, 0.717) is 12.2 Å². The summed E-state index contributed by atoms with van der Waals surface area (Å²) in [5.41, 5.74) is 15.1. The molecule has 1 aromatic rings. The van der Waals surface area contributed by atoms with Crippen LogP contribution in [-0.4, -0.2) is 0 Å². The Hall–Kier alpha value is -1.32. The third-order valence-electron chi connectivity index (χ3n) is 1.32. The standard InChI is InChI=1S/C7H8N4S/c8-6-1-5(4-10-11-9)2-7(12)3-6/h1-3,12H,4,8H2. The van der Waals surface area contributed by atoms with Crippen molar-refractivity contribution < 1.29 is 0 Å². The summed E-state index contributed by atoms with van der Waals surface area (Å²) in [5, 5.41) is 3.42. The van der Waals surface area contributed by atoms with Crippen molar-refractivity contribution >= 4 is 18.3 Å². The molecule has 2 N–H and O–H groups in total. The first kappa shape index (κ1) is 8.77. The molecule has 0 aliphatic heterocycles. The topological polar surface area (TPSA) is 74.8 Å². The van der Waals surface area contributed by atoms with Crippen LogP contribution < -0.4 is 5.73 Å². The molecule has 0 heterocycles. The summed E-state index contributed by atoms with van der Waals surface area (Å²) in [6.45, 7) is 0.315. The van der Waals surface area contributed by atoms with Gasteiger partial charge in [0.2, 0.25) is 0 Å². The van der Waals surface area contributed by atoms with E-state index in [0.717, 1.165) is 10.5 Å². The first-order valence-electron chi connectivity index (χ1n) is 3.31. The number of thiol groups is 1. The van der Waals surface area contributed by atoms with Gasteiger partial charge in [-0.15, -0.1) is 12.6 Å². The minimum atomic E-state index is 0.315. The van der Waals surface area contributed by atoms with E-state index in [-0.39, 0.29) is 0 Å². The number of azide groups is 1. The third-order valence-corrected chi connectivity index (χ3v) is 1.57. The number of nitrogens with two attached hydrogens (primary N) is 1. The third kappa shape index (κ3) is 2.38. The van der Waals surface area contributed by atoms with Crippen molar-refractivity contribution in [3.05, 3.63) is 34.2 Å². The number of hydrogen-bond donors (Lipinski definition) is 2. The second kappa shape index (κ2) is 3.90. The highest BCUT2D eigenvalue weighted by molar-refractivity contribution is 7.80. The lowest BCUT2D eigenvalue weighted by Gasteiger charge is -1.99. The summed E-state index contributed by atoms with van der Waals surface area (Å²) in [6.07, 6.45) is 0. The molecule has 0 fully saturated rings. The van der Waals surface area contributed by atoms with Gasteiger partial charge in [-0.2, -0.15) is 0 Å². The zero-order valence-corrected chi connectivity index (χ0v) is 7.20. The van der Waals surface area contributed by atoms with E-state index < -0.39 is 0 Å². The summed E-state index contributed by atoms with van der Waals surface area (Å²) in [7, 11) is 0. The first-order chi connectivity index (χ1) is 5.72. The molecular formula is C7H8N4S.